The molecule has 0 unspecified atom stereocenters. The molecule has 0 aliphatic carbocycles. The smallest absolute Gasteiger partial charge is 0.123 e. The third kappa shape index (κ3) is 1.72. The summed E-state index contributed by atoms with van der Waals surface area (Å²) in [5.41, 5.74) is 2.43. The minimum atomic E-state index is 0.738. The molecule has 1 nitrogen and oxygen atoms in total. The van der Waals surface area contributed by atoms with Gasteiger partial charge in [-0.25, -0.2) is 0 Å². The van der Waals surface area contributed by atoms with Crippen LogP contribution in [-0.2, 0) is 6.42 Å². The summed E-state index contributed by atoms with van der Waals surface area (Å²) in [7, 11) is 1.67. The summed E-state index contributed by atoms with van der Waals surface area (Å²) in [4.78, 5) is 0. The third-order valence-corrected chi connectivity index (χ3v) is 2.19. The highest BCUT2D eigenvalue weighted by atomic mass is 35.5. The first-order valence-electron chi connectivity index (χ1n) is 4.02. The van der Waals surface area contributed by atoms with Gasteiger partial charge in [-0.05, 0) is 36.6 Å². The summed E-state index contributed by atoms with van der Waals surface area (Å²) >= 11 is 5.88. The van der Waals surface area contributed by atoms with Gasteiger partial charge < -0.3 is 4.74 Å². The van der Waals surface area contributed by atoms with Crippen LogP contribution in [0, 0.1) is 6.92 Å². The van der Waals surface area contributed by atoms with E-state index in [-0.39, 0.29) is 0 Å². The molecule has 0 amide bonds. The van der Waals surface area contributed by atoms with Gasteiger partial charge in [0.25, 0.3) is 0 Å². The average molecular weight is 185 g/mol. The maximum Gasteiger partial charge on any atom is 0.123 e. The van der Waals surface area contributed by atoms with Crippen LogP contribution in [0.4, 0.5) is 0 Å². The van der Waals surface area contributed by atoms with E-state index < -0.39 is 0 Å². The van der Waals surface area contributed by atoms with E-state index in [1.165, 1.54) is 11.1 Å². The van der Waals surface area contributed by atoms with Crippen LogP contribution in [0.5, 0.6) is 5.75 Å². The zero-order valence-electron chi connectivity index (χ0n) is 7.65. The Morgan fingerprint density at radius 1 is 1.42 bits per heavy atom. The fourth-order valence-electron chi connectivity index (χ4n) is 1.38. The number of halogens is 1. The standard InChI is InChI=1S/C10H13ClO/c1-4-9-7(2)5-8(11)6-10(9)12-3/h5-6H,4H2,1-3H3. The second kappa shape index (κ2) is 3.81. The van der Waals surface area contributed by atoms with Gasteiger partial charge in [0.05, 0.1) is 7.11 Å². The average Bonchev–Trinajstić information content (AvgIpc) is 2.03. The van der Waals surface area contributed by atoms with Crippen molar-refractivity contribution in [2.45, 2.75) is 20.3 Å². The molecule has 0 aromatic heterocycles. The Bertz CT molecular complexity index is 281. The summed E-state index contributed by atoms with van der Waals surface area (Å²) < 4.78 is 5.21. The highest BCUT2D eigenvalue weighted by Crippen LogP contribution is 2.26. The summed E-state index contributed by atoms with van der Waals surface area (Å²) in [6.45, 7) is 4.16. The lowest BCUT2D eigenvalue weighted by Crippen LogP contribution is -1.93. The van der Waals surface area contributed by atoms with Crippen LogP contribution in [0.1, 0.15) is 18.1 Å². The number of hydrogen-bond donors (Lipinski definition) is 0. The molecule has 1 aromatic carbocycles. The topological polar surface area (TPSA) is 9.23 Å². The molecule has 0 atom stereocenters. The highest BCUT2D eigenvalue weighted by molar-refractivity contribution is 6.30. The number of rotatable bonds is 2. The van der Waals surface area contributed by atoms with Crippen LogP contribution in [0.15, 0.2) is 12.1 Å². The van der Waals surface area contributed by atoms with Crippen molar-refractivity contribution in [2.24, 2.45) is 0 Å². The second-order valence-electron chi connectivity index (χ2n) is 2.76. The second-order valence-corrected chi connectivity index (χ2v) is 3.19. The number of ether oxygens (including phenoxy) is 1. The van der Waals surface area contributed by atoms with Gasteiger partial charge in [0.1, 0.15) is 5.75 Å². The maximum atomic E-state index is 5.88. The molecule has 0 saturated heterocycles. The van der Waals surface area contributed by atoms with Gasteiger partial charge in [-0.1, -0.05) is 18.5 Å². The van der Waals surface area contributed by atoms with Crippen molar-refractivity contribution in [3.8, 4) is 5.75 Å². The summed E-state index contributed by atoms with van der Waals surface area (Å²) in [5.74, 6) is 0.891. The summed E-state index contributed by atoms with van der Waals surface area (Å²) in [6.07, 6.45) is 0.978. The molecule has 0 fully saturated rings. The molecule has 0 saturated carbocycles. The first-order valence-corrected chi connectivity index (χ1v) is 4.39. The molecular weight excluding hydrogens is 172 g/mol. The van der Waals surface area contributed by atoms with E-state index in [1.54, 1.807) is 7.11 Å². The lowest BCUT2D eigenvalue weighted by Gasteiger charge is -2.09. The Morgan fingerprint density at radius 3 is 2.58 bits per heavy atom. The molecule has 2 heteroatoms. The Morgan fingerprint density at radius 2 is 2.08 bits per heavy atom. The van der Waals surface area contributed by atoms with Crippen LogP contribution < -0.4 is 4.74 Å². The van der Waals surface area contributed by atoms with Crippen LogP contribution in [0.25, 0.3) is 0 Å². The Balaban J connectivity index is 3.24. The molecule has 0 bridgehead atoms. The molecule has 0 aliphatic rings. The number of hydrogen-bond acceptors (Lipinski definition) is 1. The van der Waals surface area contributed by atoms with Gasteiger partial charge in [-0.2, -0.15) is 0 Å². The molecule has 0 N–H and O–H groups in total. The van der Waals surface area contributed by atoms with Crippen molar-refractivity contribution >= 4 is 11.6 Å². The molecule has 1 rings (SSSR count). The van der Waals surface area contributed by atoms with Crippen molar-refractivity contribution in [3.05, 3.63) is 28.3 Å². The van der Waals surface area contributed by atoms with Crippen LogP contribution in [-0.4, -0.2) is 7.11 Å². The summed E-state index contributed by atoms with van der Waals surface area (Å²) in [6, 6.07) is 3.82. The predicted molar refractivity (Wildman–Crippen MR) is 52.1 cm³/mol. The van der Waals surface area contributed by atoms with Crippen molar-refractivity contribution in [1.82, 2.24) is 0 Å². The fraction of sp³-hybridized carbons (Fsp3) is 0.400. The Hall–Kier alpha value is -0.690. The van der Waals surface area contributed by atoms with Crippen molar-refractivity contribution in [1.29, 1.82) is 0 Å². The molecule has 1 aromatic rings. The molecule has 66 valence electrons. The SMILES string of the molecule is CCc1c(C)cc(Cl)cc1OC. The first-order chi connectivity index (χ1) is 5.69. The Labute approximate surface area is 78.3 Å². The minimum Gasteiger partial charge on any atom is -0.496 e. The van der Waals surface area contributed by atoms with Gasteiger partial charge in [-0.15, -0.1) is 0 Å². The van der Waals surface area contributed by atoms with Gasteiger partial charge in [0.2, 0.25) is 0 Å². The molecule has 0 radical (unpaired) electrons. The number of methoxy groups -OCH3 is 1. The zero-order chi connectivity index (χ0) is 9.14. The summed E-state index contributed by atoms with van der Waals surface area (Å²) in [5, 5.41) is 0.738. The van der Waals surface area contributed by atoms with Crippen LogP contribution >= 0.6 is 11.6 Å². The lowest BCUT2D eigenvalue weighted by atomic mass is 10.1. The van der Waals surface area contributed by atoms with E-state index in [1.807, 2.05) is 19.1 Å². The molecular formula is C10H13ClO. The largest absolute Gasteiger partial charge is 0.496 e. The molecule has 0 heterocycles. The van der Waals surface area contributed by atoms with E-state index >= 15 is 0 Å². The monoisotopic (exact) mass is 184 g/mol. The zero-order valence-corrected chi connectivity index (χ0v) is 8.40. The lowest BCUT2D eigenvalue weighted by molar-refractivity contribution is 0.409. The third-order valence-electron chi connectivity index (χ3n) is 1.97. The first kappa shape index (κ1) is 9.40. The fourth-order valence-corrected chi connectivity index (χ4v) is 1.64. The van der Waals surface area contributed by atoms with Crippen LogP contribution in [0.2, 0.25) is 5.02 Å². The van der Waals surface area contributed by atoms with E-state index in [0.29, 0.717) is 0 Å². The van der Waals surface area contributed by atoms with E-state index in [9.17, 15) is 0 Å². The van der Waals surface area contributed by atoms with Crippen molar-refractivity contribution in [3.63, 3.8) is 0 Å². The maximum absolute atomic E-state index is 5.88. The molecule has 0 aliphatic heterocycles. The normalized spacial score (nSPS) is 10.0. The predicted octanol–water partition coefficient (Wildman–Crippen LogP) is 3.22. The van der Waals surface area contributed by atoms with Gasteiger partial charge >= 0.3 is 0 Å². The quantitative estimate of drug-likeness (QED) is 0.686. The van der Waals surface area contributed by atoms with Gasteiger partial charge in [0.15, 0.2) is 0 Å². The van der Waals surface area contributed by atoms with Crippen molar-refractivity contribution in [2.75, 3.05) is 7.11 Å². The highest BCUT2D eigenvalue weighted by Gasteiger charge is 2.05. The number of benzene rings is 1. The number of aryl methyl sites for hydroxylation is 1. The molecule has 12 heavy (non-hydrogen) atoms. The van der Waals surface area contributed by atoms with Crippen molar-refractivity contribution < 1.29 is 4.74 Å². The van der Waals surface area contributed by atoms with Gasteiger partial charge in [0, 0.05) is 5.02 Å². The van der Waals surface area contributed by atoms with E-state index in [4.69, 9.17) is 16.3 Å². The molecule has 0 spiro atoms. The van der Waals surface area contributed by atoms with E-state index in [0.717, 1.165) is 17.2 Å². The van der Waals surface area contributed by atoms with E-state index in [2.05, 4.69) is 6.92 Å². The minimum absolute atomic E-state index is 0.738. The van der Waals surface area contributed by atoms with Crippen LogP contribution in [0.3, 0.4) is 0 Å². The van der Waals surface area contributed by atoms with Gasteiger partial charge in [-0.3, -0.25) is 0 Å². The Kier molecular flexibility index (Phi) is 2.99.